The van der Waals surface area contributed by atoms with Crippen LogP contribution >= 0.6 is 0 Å². The molecule has 0 bridgehead atoms. The lowest BCUT2D eigenvalue weighted by Gasteiger charge is -2.31. The number of nitrogens with zero attached hydrogens (tertiary/aromatic N) is 3. The van der Waals surface area contributed by atoms with Crippen molar-refractivity contribution in [1.29, 1.82) is 0 Å². The first kappa shape index (κ1) is 16.1. The van der Waals surface area contributed by atoms with E-state index in [1.165, 1.54) is 28.6 Å². The van der Waals surface area contributed by atoms with Crippen molar-refractivity contribution in [3.63, 3.8) is 0 Å². The molecule has 0 amide bonds. The molecule has 3 heterocycles. The number of H-pyrrole nitrogens is 2. The highest BCUT2D eigenvalue weighted by Gasteiger charge is 2.25. The highest BCUT2D eigenvalue weighted by atomic mass is 16.5. The van der Waals surface area contributed by atoms with Gasteiger partial charge in [-0.3, -0.25) is 10.00 Å². The van der Waals surface area contributed by atoms with Gasteiger partial charge < -0.3 is 9.72 Å². The molecule has 1 aliphatic heterocycles. The standard InChI is InChI=1S/C19H25N5O/c1-12-16-9-15(25-3)6-7-17(16)21-18(12)11-24-8-4-5-14(10-24)19-20-13(2)22-23-19/h6-7,9,14,21H,4-5,8,10-11H2,1-3H3,(H,20,22,23)/t14-/m1/s1. The Morgan fingerprint density at radius 3 is 2.96 bits per heavy atom. The quantitative estimate of drug-likeness (QED) is 0.765. The van der Waals surface area contributed by atoms with Crippen LogP contribution in [0.15, 0.2) is 18.2 Å². The molecule has 6 heteroatoms. The Bertz CT molecular complexity index is 881. The predicted octanol–water partition coefficient (Wildman–Crippen LogP) is 3.29. The molecule has 0 saturated carbocycles. The highest BCUT2D eigenvalue weighted by Crippen LogP contribution is 2.29. The average molecular weight is 339 g/mol. The van der Waals surface area contributed by atoms with E-state index >= 15 is 0 Å². The number of aryl methyl sites for hydroxylation is 2. The van der Waals surface area contributed by atoms with Gasteiger partial charge in [-0.25, -0.2) is 4.98 Å². The number of hydrogen-bond acceptors (Lipinski definition) is 4. The first-order valence-corrected chi connectivity index (χ1v) is 8.90. The maximum atomic E-state index is 5.36. The molecule has 0 spiro atoms. The van der Waals surface area contributed by atoms with E-state index in [-0.39, 0.29) is 0 Å². The second-order valence-corrected chi connectivity index (χ2v) is 6.99. The van der Waals surface area contributed by atoms with Crippen LogP contribution in [0.4, 0.5) is 0 Å². The summed E-state index contributed by atoms with van der Waals surface area (Å²) in [4.78, 5) is 10.6. The van der Waals surface area contributed by atoms with Crippen molar-refractivity contribution in [2.45, 2.75) is 39.2 Å². The number of aromatic nitrogens is 4. The molecule has 2 N–H and O–H groups in total. The summed E-state index contributed by atoms with van der Waals surface area (Å²) in [7, 11) is 1.71. The third kappa shape index (κ3) is 3.14. The third-order valence-electron chi connectivity index (χ3n) is 5.24. The van der Waals surface area contributed by atoms with Gasteiger partial charge in [-0.1, -0.05) is 0 Å². The summed E-state index contributed by atoms with van der Waals surface area (Å²) < 4.78 is 5.36. The third-order valence-corrected chi connectivity index (χ3v) is 5.24. The number of benzene rings is 1. The van der Waals surface area contributed by atoms with E-state index in [9.17, 15) is 0 Å². The van der Waals surface area contributed by atoms with E-state index in [1.54, 1.807) is 7.11 Å². The van der Waals surface area contributed by atoms with E-state index in [1.807, 2.05) is 13.0 Å². The lowest BCUT2D eigenvalue weighted by molar-refractivity contribution is 0.195. The number of ether oxygens (including phenoxy) is 1. The van der Waals surface area contributed by atoms with E-state index in [0.29, 0.717) is 5.92 Å². The van der Waals surface area contributed by atoms with Gasteiger partial charge in [0.15, 0.2) is 5.82 Å². The molecule has 4 rings (SSSR count). The van der Waals surface area contributed by atoms with Gasteiger partial charge in [-0.05, 0) is 57.0 Å². The van der Waals surface area contributed by atoms with Crippen molar-refractivity contribution in [2.24, 2.45) is 0 Å². The zero-order valence-electron chi connectivity index (χ0n) is 15.1. The Labute approximate surface area is 147 Å². The second kappa shape index (κ2) is 6.52. The Hall–Kier alpha value is -2.34. The first-order chi connectivity index (χ1) is 12.1. The van der Waals surface area contributed by atoms with Crippen LogP contribution in [0, 0.1) is 13.8 Å². The van der Waals surface area contributed by atoms with Crippen LogP contribution in [0.3, 0.4) is 0 Å². The maximum absolute atomic E-state index is 5.36. The summed E-state index contributed by atoms with van der Waals surface area (Å²) in [6.07, 6.45) is 2.35. The summed E-state index contributed by atoms with van der Waals surface area (Å²) in [6, 6.07) is 6.21. The van der Waals surface area contributed by atoms with Crippen molar-refractivity contribution in [2.75, 3.05) is 20.2 Å². The van der Waals surface area contributed by atoms with Gasteiger partial charge in [0.1, 0.15) is 11.6 Å². The van der Waals surface area contributed by atoms with Crippen molar-refractivity contribution >= 4 is 10.9 Å². The number of piperidine rings is 1. The van der Waals surface area contributed by atoms with Gasteiger partial charge in [0.05, 0.1) is 7.11 Å². The van der Waals surface area contributed by atoms with Gasteiger partial charge in [-0.2, -0.15) is 5.10 Å². The Morgan fingerprint density at radius 1 is 1.32 bits per heavy atom. The fourth-order valence-corrected chi connectivity index (χ4v) is 3.82. The number of nitrogens with one attached hydrogen (secondary N) is 2. The summed E-state index contributed by atoms with van der Waals surface area (Å²) in [5, 5.41) is 8.58. The molecule has 0 unspecified atom stereocenters. The predicted molar refractivity (Wildman–Crippen MR) is 98.0 cm³/mol. The molecule has 2 aromatic heterocycles. The van der Waals surface area contributed by atoms with E-state index in [2.05, 4.69) is 44.1 Å². The molecule has 0 radical (unpaired) electrons. The van der Waals surface area contributed by atoms with E-state index < -0.39 is 0 Å². The fraction of sp³-hybridized carbons (Fsp3) is 0.474. The lowest BCUT2D eigenvalue weighted by atomic mass is 9.97. The molecule has 1 aromatic carbocycles. The number of hydrogen-bond donors (Lipinski definition) is 2. The van der Waals surface area contributed by atoms with E-state index in [4.69, 9.17) is 4.74 Å². The summed E-state index contributed by atoms with van der Waals surface area (Å²) in [5.41, 5.74) is 3.77. The largest absolute Gasteiger partial charge is 0.497 e. The molecule has 6 nitrogen and oxygen atoms in total. The van der Waals surface area contributed by atoms with Crippen molar-refractivity contribution < 1.29 is 4.74 Å². The zero-order chi connectivity index (χ0) is 17.4. The monoisotopic (exact) mass is 339 g/mol. The van der Waals surface area contributed by atoms with Crippen LogP contribution in [-0.4, -0.2) is 45.3 Å². The van der Waals surface area contributed by atoms with Crippen LogP contribution in [0.1, 0.15) is 41.7 Å². The molecule has 25 heavy (non-hydrogen) atoms. The first-order valence-electron chi connectivity index (χ1n) is 8.90. The number of likely N-dealkylation sites (tertiary alicyclic amines) is 1. The summed E-state index contributed by atoms with van der Waals surface area (Å²) >= 11 is 0. The smallest absolute Gasteiger partial charge is 0.155 e. The van der Waals surface area contributed by atoms with Crippen LogP contribution in [0.5, 0.6) is 5.75 Å². The van der Waals surface area contributed by atoms with E-state index in [0.717, 1.165) is 43.5 Å². The van der Waals surface area contributed by atoms with Crippen LogP contribution in [0.2, 0.25) is 0 Å². The summed E-state index contributed by atoms with van der Waals surface area (Å²) in [6.45, 7) is 7.21. The minimum Gasteiger partial charge on any atom is -0.497 e. The topological polar surface area (TPSA) is 69.8 Å². The minimum absolute atomic E-state index is 0.420. The SMILES string of the molecule is COc1ccc2[nH]c(CN3CCC[C@@H](c4n[nH]c(C)n4)C3)c(C)c2c1. The molecular formula is C19H25N5O. The zero-order valence-corrected chi connectivity index (χ0v) is 15.1. The van der Waals surface area contributed by atoms with Crippen molar-refractivity contribution in [1.82, 2.24) is 25.1 Å². The molecule has 1 atom stereocenters. The molecule has 1 aliphatic rings. The molecule has 1 saturated heterocycles. The van der Waals surface area contributed by atoms with Crippen molar-refractivity contribution in [3.8, 4) is 5.75 Å². The van der Waals surface area contributed by atoms with Gasteiger partial charge >= 0.3 is 0 Å². The van der Waals surface area contributed by atoms with Crippen molar-refractivity contribution in [3.05, 3.63) is 41.1 Å². The van der Waals surface area contributed by atoms with Crippen LogP contribution < -0.4 is 4.74 Å². The highest BCUT2D eigenvalue weighted by molar-refractivity contribution is 5.85. The average Bonchev–Trinajstić information content (AvgIpc) is 3.19. The molecule has 0 aliphatic carbocycles. The summed E-state index contributed by atoms with van der Waals surface area (Å²) in [5.74, 6) is 3.18. The molecular weight excluding hydrogens is 314 g/mol. The molecule has 132 valence electrons. The Kier molecular flexibility index (Phi) is 4.21. The van der Waals surface area contributed by atoms with Crippen LogP contribution in [-0.2, 0) is 6.54 Å². The minimum atomic E-state index is 0.420. The Morgan fingerprint density at radius 2 is 2.20 bits per heavy atom. The molecule has 1 fully saturated rings. The Balaban J connectivity index is 1.53. The number of fused-ring (bicyclic) bond motifs is 1. The molecule has 3 aromatic rings. The van der Waals surface area contributed by atoms with Gasteiger partial charge in [0.2, 0.25) is 0 Å². The second-order valence-electron chi connectivity index (χ2n) is 6.99. The fourth-order valence-electron chi connectivity index (χ4n) is 3.82. The lowest BCUT2D eigenvalue weighted by Crippen LogP contribution is -2.34. The number of rotatable bonds is 4. The number of aromatic amines is 2. The van der Waals surface area contributed by atoms with Crippen LogP contribution in [0.25, 0.3) is 10.9 Å². The van der Waals surface area contributed by atoms with Gasteiger partial charge in [0.25, 0.3) is 0 Å². The number of methoxy groups -OCH3 is 1. The van der Waals surface area contributed by atoms with Gasteiger partial charge in [0, 0.05) is 35.6 Å². The maximum Gasteiger partial charge on any atom is 0.155 e. The van der Waals surface area contributed by atoms with Gasteiger partial charge in [-0.15, -0.1) is 0 Å². The normalized spacial score (nSPS) is 18.8.